The first-order valence-corrected chi connectivity index (χ1v) is 14.2. The van der Waals surface area contributed by atoms with Gasteiger partial charge in [-0.1, -0.05) is 69.3 Å². The predicted octanol–water partition coefficient (Wildman–Crippen LogP) is 5.83. The van der Waals surface area contributed by atoms with Gasteiger partial charge < -0.3 is 10.6 Å². The Bertz CT molecular complexity index is 1100. The van der Waals surface area contributed by atoms with Crippen molar-refractivity contribution in [3.8, 4) is 0 Å². The molecule has 36 heavy (non-hydrogen) atoms. The normalized spacial score (nSPS) is 31.6. The van der Waals surface area contributed by atoms with Gasteiger partial charge in [0.1, 0.15) is 0 Å². The van der Waals surface area contributed by atoms with Crippen LogP contribution in [0.2, 0.25) is 0 Å². The minimum absolute atomic E-state index is 0.0190. The molecule has 2 amide bonds. The molecule has 0 aromatic heterocycles. The SMILES string of the molecule is CCC1(C)c2ccccc2CC[C@H]1C(=O)NC1CCC(NC(=O)[C@@H]2CCc3ccccc3[C@@H]2C)CC1. The van der Waals surface area contributed by atoms with E-state index < -0.39 is 0 Å². The van der Waals surface area contributed by atoms with Gasteiger partial charge in [0.15, 0.2) is 0 Å². The zero-order valence-electron chi connectivity index (χ0n) is 22.2. The minimum atomic E-state index is -0.112. The molecule has 0 radical (unpaired) electrons. The average Bonchev–Trinajstić information content (AvgIpc) is 2.90. The molecule has 4 atom stereocenters. The molecular weight excluding hydrogens is 444 g/mol. The standard InChI is InChI=1S/C32H42N2O2/c1-4-32(3)28-12-8-6-10-23(28)14-20-29(32)31(36)34-25-17-15-24(16-18-25)33-30(35)27-19-13-22-9-5-7-11-26(22)21(27)2/h5-12,21,24-25,27,29H,4,13-20H2,1-3H3,(H,33,35)(H,34,36)/t21-,24?,25?,27+,29-,32?/m0/s1. The molecule has 3 aliphatic carbocycles. The van der Waals surface area contributed by atoms with Crippen LogP contribution in [0.5, 0.6) is 0 Å². The van der Waals surface area contributed by atoms with Crippen molar-refractivity contribution in [3.63, 3.8) is 0 Å². The Hall–Kier alpha value is -2.62. The lowest BCUT2D eigenvalue weighted by Crippen LogP contribution is -2.50. The maximum atomic E-state index is 13.5. The first kappa shape index (κ1) is 25.0. The third-order valence-electron chi connectivity index (χ3n) is 9.79. The highest BCUT2D eigenvalue weighted by atomic mass is 16.2. The zero-order chi connectivity index (χ0) is 25.3. The second kappa shape index (κ2) is 10.4. The van der Waals surface area contributed by atoms with Gasteiger partial charge in [0.2, 0.25) is 11.8 Å². The topological polar surface area (TPSA) is 58.2 Å². The fraction of sp³-hybridized carbons (Fsp3) is 0.562. The van der Waals surface area contributed by atoms with E-state index in [2.05, 4.69) is 79.9 Å². The molecule has 1 saturated carbocycles. The van der Waals surface area contributed by atoms with Crippen LogP contribution in [-0.4, -0.2) is 23.9 Å². The van der Waals surface area contributed by atoms with Gasteiger partial charge >= 0.3 is 0 Å². The van der Waals surface area contributed by atoms with Gasteiger partial charge in [0.25, 0.3) is 0 Å². The van der Waals surface area contributed by atoms with E-state index in [4.69, 9.17) is 0 Å². The maximum Gasteiger partial charge on any atom is 0.224 e. The van der Waals surface area contributed by atoms with Crippen molar-refractivity contribution in [2.45, 2.75) is 102 Å². The number of carbonyl (C=O) groups is 2. The molecule has 4 nitrogen and oxygen atoms in total. The largest absolute Gasteiger partial charge is 0.353 e. The van der Waals surface area contributed by atoms with Crippen LogP contribution in [0.4, 0.5) is 0 Å². The van der Waals surface area contributed by atoms with Crippen molar-refractivity contribution in [1.29, 1.82) is 0 Å². The first-order chi connectivity index (χ1) is 17.4. The molecule has 2 aromatic carbocycles. The monoisotopic (exact) mass is 486 g/mol. The van der Waals surface area contributed by atoms with Gasteiger partial charge in [0.05, 0.1) is 0 Å². The molecule has 0 aliphatic heterocycles. The summed E-state index contributed by atoms with van der Waals surface area (Å²) >= 11 is 0. The van der Waals surface area contributed by atoms with E-state index in [0.717, 1.165) is 57.8 Å². The van der Waals surface area contributed by atoms with Crippen molar-refractivity contribution >= 4 is 11.8 Å². The van der Waals surface area contributed by atoms with Gasteiger partial charge in [0, 0.05) is 29.3 Å². The number of nitrogens with one attached hydrogen (secondary N) is 2. The van der Waals surface area contributed by atoms with E-state index in [9.17, 15) is 9.59 Å². The molecule has 1 unspecified atom stereocenters. The highest BCUT2D eigenvalue weighted by Crippen LogP contribution is 2.44. The lowest BCUT2D eigenvalue weighted by molar-refractivity contribution is -0.129. The summed E-state index contributed by atoms with van der Waals surface area (Å²) in [6.45, 7) is 6.68. The van der Waals surface area contributed by atoms with Crippen LogP contribution in [0, 0.1) is 11.8 Å². The number of rotatable bonds is 5. The molecule has 0 saturated heterocycles. The average molecular weight is 487 g/mol. The molecule has 2 N–H and O–H groups in total. The van der Waals surface area contributed by atoms with Gasteiger partial charge in [-0.25, -0.2) is 0 Å². The predicted molar refractivity (Wildman–Crippen MR) is 145 cm³/mol. The summed E-state index contributed by atoms with van der Waals surface area (Å²) in [6.07, 6.45) is 8.52. The number of amides is 2. The van der Waals surface area contributed by atoms with Crippen LogP contribution in [0.1, 0.15) is 93.9 Å². The number of hydrogen-bond acceptors (Lipinski definition) is 2. The molecule has 192 valence electrons. The van der Waals surface area contributed by atoms with Gasteiger partial charge in [-0.3, -0.25) is 9.59 Å². The second-order valence-corrected chi connectivity index (χ2v) is 11.7. The van der Waals surface area contributed by atoms with Crippen LogP contribution in [0.15, 0.2) is 48.5 Å². The molecule has 0 bridgehead atoms. The lowest BCUT2D eigenvalue weighted by atomic mass is 9.62. The molecule has 2 aromatic rings. The van der Waals surface area contributed by atoms with Crippen molar-refractivity contribution < 1.29 is 9.59 Å². The first-order valence-electron chi connectivity index (χ1n) is 14.2. The van der Waals surface area contributed by atoms with E-state index in [1.807, 2.05) is 0 Å². The van der Waals surface area contributed by atoms with E-state index >= 15 is 0 Å². The summed E-state index contributed by atoms with van der Waals surface area (Å²) in [5.41, 5.74) is 5.37. The summed E-state index contributed by atoms with van der Waals surface area (Å²) < 4.78 is 0. The highest BCUT2D eigenvalue weighted by molar-refractivity contribution is 5.82. The number of fused-ring (bicyclic) bond motifs is 2. The van der Waals surface area contributed by atoms with Crippen molar-refractivity contribution in [3.05, 3.63) is 70.8 Å². The second-order valence-electron chi connectivity index (χ2n) is 11.7. The van der Waals surface area contributed by atoms with Crippen LogP contribution < -0.4 is 10.6 Å². The Balaban J connectivity index is 1.14. The minimum Gasteiger partial charge on any atom is -0.353 e. The highest BCUT2D eigenvalue weighted by Gasteiger charge is 2.43. The third-order valence-corrected chi connectivity index (χ3v) is 9.79. The molecule has 3 aliphatic rings. The molecule has 0 spiro atoms. The van der Waals surface area contributed by atoms with Gasteiger partial charge in [-0.05, 0) is 86.0 Å². The third kappa shape index (κ3) is 4.71. The van der Waals surface area contributed by atoms with Crippen LogP contribution in [0.25, 0.3) is 0 Å². The fourth-order valence-corrected chi connectivity index (χ4v) is 7.29. The Morgan fingerprint density at radius 3 is 2.08 bits per heavy atom. The number of benzene rings is 2. The summed E-state index contributed by atoms with van der Waals surface area (Å²) in [5, 5.41) is 6.78. The Labute approximate surface area is 216 Å². The smallest absolute Gasteiger partial charge is 0.224 e. The summed E-state index contributed by atoms with van der Waals surface area (Å²) in [7, 11) is 0. The summed E-state index contributed by atoms with van der Waals surface area (Å²) in [5.74, 6) is 0.767. The van der Waals surface area contributed by atoms with Crippen LogP contribution in [0.3, 0.4) is 0 Å². The maximum absolute atomic E-state index is 13.5. The summed E-state index contributed by atoms with van der Waals surface area (Å²) in [4.78, 5) is 26.6. The van der Waals surface area contributed by atoms with Crippen molar-refractivity contribution in [2.24, 2.45) is 11.8 Å². The number of hydrogen-bond donors (Lipinski definition) is 2. The molecule has 0 heterocycles. The van der Waals surface area contributed by atoms with E-state index in [-0.39, 0.29) is 47.1 Å². The van der Waals surface area contributed by atoms with E-state index in [0.29, 0.717) is 0 Å². The van der Waals surface area contributed by atoms with Crippen LogP contribution >= 0.6 is 0 Å². The number of carbonyl (C=O) groups excluding carboxylic acids is 2. The molecular formula is C32H42N2O2. The molecule has 1 fully saturated rings. The van der Waals surface area contributed by atoms with Crippen LogP contribution in [-0.2, 0) is 27.8 Å². The van der Waals surface area contributed by atoms with Crippen molar-refractivity contribution in [2.75, 3.05) is 0 Å². The van der Waals surface area contributed by atoms with Gasteiger partial charge in [-0.2, -0.15) is 0 Å². The Morgan fingerprint density at radius 2 is 1.39 bits per heavy atom. The molecule has 5 rings (SSSR count). The van der Waals surface area contributed by atoms with E-state index in [1.54, 1.807) is 0 Å². The fourth-order valence-electron chi connectivity index (χ4n) is 7.29. The number of aryl methyl sites for hydroxylation is 2. The Kier molecular flexibility index (Phi) is 7.23. The molecule has 4 heteroatoms. The van der Waals surface area contributed by atoms with E-state index in [1.165, 1.54) is 22.3 Å². The van der Waals surface area contributed by atoms with Gasteiger partial charge in [-0.15, -0.1) is 0 Å². The summed E-state index contributed by atoms with van der Waals surface area (Å²) in [6, 6.07) is 17.7. The zero-order valence-corrected chi connectivity index (χ0v) is 22.2. The van der Waals surface area contributed by atoms with Crippen molar-refractivity contribution in [1.82, 2.24) is 10.6 Å². The lowest BCUT2D eigenvalue weighted by Gasteiger charge is -2.42. The Morgan fingerprint density at radius 1 is 0.806 bits per heavy atom. The quantitative estimate of drug-likeness (QED) is 0.559.